The highest BCUT2D eigenvalue weighted by Gasteiger charge is 2.29. The number of nitrogens with one attached hydrogen (secondary N) is 1. The fourth-order valence-corrected chi connectivity index (χ4v) is 5.03. The van der Waals surface area contributed by atoms with Crippen molar-refractivity contribution >= 4 is 21.6 Å². The molecule has 0 spiro atoms. The Morgan fingerprint density at radius 3 is 2.45 bits per heavy atom. The molecule has 1 fully saturated rings. The summed E-state index contributed by atoms with van der Waals surface area (Å²) in [5.74, 6) is 0.275. The van der Waals surface area contributed by atoms with E-state index in [-0.39, 0.29) is 5.91 Å². The monoisotopic (exact) mass is 475 g/mol. The fraction of sp³-hybridized carbons (Fsp3) is 0.458. The van der Waals surface area contributed by atoms with Gasteiger partial charge < -0.3 is 14.8 Å². The van der Waals surface area contributed by atoms with Crippen molar-refractivity contribution in [1.82, 2.24) is 10.2 Å². The SMILES string of the molecule is CCOc1ccc(N([C@H](C)C(=O)NCc2cccc(CN3CCOCC3)c2)S(C)(=O)=O)cc1. The Bertz CT molecular complexity index is 1020. The van der Waals surface area contributed by atoms with Gasteiger partial charge in [0.15, 0.2) is 0 Å². The zero-order chi connectivity index (χ0) is 23.8. The van der Waals surface area contributed by atoms with Crippen molar-refractivity contribution in [3.8, 4) is 5.75 Å². The maximum atomic E-state index is 12.9. The van der Waals surface area contributed by atoms with E-state index in [2.05, 4.69) is 22.3 Å². The van der Waals surface area contributed by atoms with Crippen LogP contribution >= 0.6 is 0 Å². The predicted octanol–water partition coefficient (Wildman–Crippen LogP) is 2.39. The topological polar surface area (TPSA) is 88.2 Å². The van der Waals surface area contributed by atoms with Gasteiger partial charge in [-0.2, -0.15) is 0 Å². The van der Waals surface area contributed by atoms with Gasteiger partial charge in [-0.05, 0) is 49.2 Å². The zero-order valence-corrected chi connectivity index (χ0v) is 20.3. The molecule has 0 saturated carbocycles. The zero-order valence-electron chi connectivity index (χ0n) is 19.5. The Morgan fingerprint density at radius 2 is 1.82 bits per heavy atom. The van der Waals surface area contributed by atoms with Gasteiger partial charge in [0.1, 0.15) is 11.8 Å². The van der Waals surface area contributed by atoms with Gasteiger partial charge in [0.25, 0.3) is 0 Å². The molecular weight excluding hydrogens is 442 g/mol. The quantitative estimate of drug-likeness (QED) is 0.568. The minimum Gasteiger partial charge on any atom is -0.494 e. The van der Waals surface area contributed by atoms with E-state index < -0.39 is 16.1 Å². The van der Waals surface area contributed by atoms with Gasteiger partial charge in [0.2, 0.25) is 15.9 Å². The van der Waals surface area contributed by atoms with Gasteiger partial charge in [-0.15, -0.1) is 0 Å². The van der Waals surface area contributed by atoms with Crippen LogP contribution in [0.3, 0.4) is 0 Å². The lowest BCUT2D eigenvalue weighted by Gasteiger charge is -2.28. The van der Waals surface area contributed by atoms with Crippen molar-refractivity contribution in [2.75, 3.05) is 43.5 Å². The lowest BCUT2D eigenvalue weighted by molar-refractivity contribution is -0.122. The molecular formula is C24H33N3O5S. The summed E-state index contributed by atoms with van der Waals surface area (Å²) in [6.07, 6.45) is 1.10. The molecule has 0 unspecified atom stereocenters. The molecule has 1 aliphatic heterocycles. The fourth-order valence-electron chi connectivity index (χ4n) is 3.86. The van der Waals surface area contributed by atoms with Crippen LogP contribution in [0.25, 0.3) is 0 Å². The largest absolute Gasteiger partial charge is 0.494 e. The summed E-state index contributed by atoms with van der Waals surface area (Å²) < 4.78 is 36.9. The third-order valence-corrected chi connectivity index (χ3v) is 6.70. The summed E-state index contributed by atoms with van der Waals surface area (Å²) in [7, 11) is -3.68. The number of anilines is 1. The van der Waals surface area contributed by atoms with Gasteiger partial charge >= 0.3 is 0 Å². The molecule has 3 rings (SSSR count). The number of rotatable bonds is 10. The number of carbonyl (C=O) groups is 1. The van der Waals surface area contributed by atoms with Crippen molar-refractivity contribution in [2.24, 2.45) is 0 Å². The van der Waals surface area contributed by atoms with E-state index in [0.717, 1.165) is 49.0 Å². The van der Waals surface area contributed by atoms with Gasteiger partial charge in [-0.1, -0.05) is 24.3 Å². The Hall–Kier alpha value is -2.62. The number of sulfonamides is 1. The smallest absolute Gasteiger partial charge is 0.243 e. The molecule has 0 radical (unpaired) electrons. The molecule has 9 heteroatoms. The molecule has 2 aromatic rings. The van der Waals surface area contributed by atoms with E-state index in [1.165, 1.54) is 5.56 Å². The first-order valence-corrected chi connectivity index (χ1v) is 13.0. The molecule has 1 saturated heterocycles. The van der Waals surface area contributed by atoms with Gasteiger partial charge in [0.05, 0.1) is 31.8 Å². The number of nitrogens with zero attached hydrogens (tertiary/aromatic N) is 2. The van der Waals surface area contributed by atoms with Crippen LogP contribution in [0.2, 0.25) is 0 Å². The third kappa shape index (κ3) is 7.18. The van der Waals surface area contributed by atoms with E-state index in [9.17, 15) is 13.2 Å². The standard InChI is InChI=1S/C24H33N3O5S/c1-4-32-23-10-8-22(9-11-23)27(33(3,29)30)19(2)24(28)25-17-20-6-5-7-21(16-20)18-26-12-14-31-15-13-26/h5-11,16,19H,4,12-15,17-18H2,1-3H3,(H,25,28)/t19-/m1/s1. The van der Waals surface area contributed by atoms with E-state index in [4.69, 9.17) is 9.47 Å². The van der Waals surface area contributed by atoms with Crippen LogP contribution in [0, 0.1) is 0 Å². The molecule has 1 aliphatic rings. The van der Waals surface area contributed by atoms with Crippen LogP contribution in [0.1, 0.15) is 25.0 Å². The van der Waals surface area contributed by atoms with E-state index >= 15 is 0 Å². The van der Waals surface area contributed by atoms with Crippen LogP contribution in [0.4, 0.5) is 5.69 Å². The second-order valence-corrected chi connectivity index (χ2v) is 9.95. The first-order chi connectivity index (χ1) is 15.8. The Kier molecular flexibility index (Phi) is 8.71. The number of hydrogen-bond acceptors (Lipinski definition) is 6. The van der Waals surface area contributed by atoms with Crippen molar-refractivity contribution in [1.29, 1.82) is 0 Å². The minimum absolute atomic E-state index is 0.320. The van der Waals surface area contributed by atoms with Crippen LogP contribution in [0.15, 0.2) is 48.5 Å². The number of ether oxygens (including phenoxy) is 2. The normalized spacial score (nSPS) is 15.6. The maximum absolute atomic E-state index is 12.9. The number of carbonyl (C=O) groups excluding carboxylic acids is 1. The highest BCUT2D eigenvalue weighted by molar-refractivity contribution is 7.92. The molecule has 8 nitrogen and oxygen atoms in total. The molecule has 1 heterocycles. The van der Waals surface area contributed by atoms with Crippen LogP contribution in [-0.4, -0.2) is 64.4 Å². The molecule has 0 bridgehead atoms. The average Bonchev–Trinajstić information content (AvgIpc) is 2.79. The molecule has 180 valence electrons. The second kappa shape index (κ2) is 11.5. The number of hydrogen-bond donors (Lipinski definition) is 1. The van der Waals surface area contributed by atoms with Crippen molar-refractivity contribution < 1.29 is 22.7 Å². The molecule has 2 aromatic carbocycles. The van der Waals surface area contributed by atoms with Crippen LogP contribution in [0.5, 0.6) is 5.75 Å². The van der Waals surface area contributed by atoms with Gasteiger partial charge in [-0.3, -0.25) is 14.0 Å². The minimum atomic E-state index is -3.68. The van der Waals surface area contributed by atoms with Crippen molar-refractivity contribution in [2.45, 2.75) is 33.0 Å². The first kappa shape index (κ1) is 25.0. The Labute approximate surface area is 196 Å². The van der Waals surface area contributed by atoms with Gasteiger partial charge in [0, 0.05) is 26.2 Å². The third-order valence-electron chi connectivity index (χ3n) is 5.46. The summed E-state index contributed by atoms with van der Waals surface area (Å²) in [5.41, 5.74) is 2.55. The summed E-state index contributed by atoms with van der Waals surface area (Å²) >= 11 is 0. The average molecular weight is 476 g/mol. The number of benzene rings is 2. The Balaban J connectivity index is 1.64. The van der Waals surface area contributed by atoms with Crippen LogP contribution in [-0.2, 0) is 32.6 Å². The van der Waals surface area contributed by atoms with E-state index in [1.54, 1.807) is 31.2 Å². The number of morpholine rings is 1. The molecule has 1 amide bonds. The van der Waals surface area contributed by atoms with Gasteiger partial charge in [-0.25, -0.2) is 8.42 Å². The lowest BCUT2D eigenvalue weighted by atomic mass is 10.1. The molecule has 0 aromatic heterocycles. The second-order valence-electron chi connectivity index (χ2n) is 8.09. The predicted molar refractivity (Wildman–Crippen MR) is 129 cm³/mol. The highest BCUT2D eigenvalue weighted by atomic mass is 32.2. The lowest BCUT2D eigenvalue weighted by Crippen LogP contribution is -2.47. The molecule has 33 heavy (non-hydrogen) atoms. The first-order valence-electron chi connectivity index (χ1n) is 11.2. The maximum Gasteiger partial charge on any atom is 0.243 e. The summed E-state index contributed by atoms with van der Waals surface area (Å²) in [5, 5.41) is 2.88. The highest BCUT2D eigenvalue weighted by Crippen LogP contribution is 2.24. The number of amides is 1. The van der Waals surface area contributed by atoms with Crippen molar-refractivity contribution in [3.05, 3.63) is 59.7 Å². The summed E-state index contributed by atoms with van der Waals surface area (Å²) in [6.45, 7) is 8.45. The van der Waals surface area contributed by atoms with E-state index in [0.29, 0.717) is 24.6 Å². The Morgan fingerprint density at radius 1 is 1.15 bits per heavy atom. The van der Waals surface area contributed by atoms with E-state index in [1.807, 2.05) is 19.1 Å². The summed E-state index contributed by atoms with van der Waals surface area (Å²) in [6, 6.07) is 13.8. The molecule has 1 atom stereocenters. The van der Waals surface area contributed by atoms with Crippen LogP contribution < -0.4 is 14.4 Å². The molecule has 0 aliphatic carbocycles. The summed E-state index contributed by atoms with van der Waals surface area (Å²) in [4.78, 5) is 15.2. The molecule has 1 N–H and O–H groups in total. The van der Waals surface area contributed by atoms with Crippen molar-refractivity contribution in [3.63, 3.8) is 0 Å².